The predicted octanol–water partition coefficient (Wildman–Crippen LogP) is 7.53. The zero-order valence-electron chi connectivity index (χ0n) is 23.7. The number of nitro benzene ring substituents is 2. The Kier molecular flexibility index (Phi) is 12.8. The molecule has 10 heteroatoms. The van der Waals surface area contributed by atoms with Crippen molar-refractivity contribution in [1.82, 2.24) is 0 Å². The Morgan fingerprint density at radius 1 is 0.619 bits per heavy atom. The number of anilines is 2. The lowest BCUT2D eigenvalue weighted by atomic mass is 10.2. The van der Waals surface area contributed by atoms with Crippen molar-refractivity contribution in [2.24, 2.45) is 0 Å². The molecule has 2 amide bonds. The summed E-state index contributed by atoms with van der Waals surface area (Å²) in [5.74, 6) is -0.716. The fraction of sp³-hybridized carbons (Fsp3) is 0.125. The van der Waals surface area contributed by atoms with Crippen LogP contribution in [0.5, 0.6) is 0 Å². The van der Waals surface area contributed by atoms with Gasteiger partial charge in [-0.25, -0.2) is 0 Å². The standard InChI is InChI=1S/C32H32N4O6/c1-23(13-7-15-25(3)31(37)33-27-17-9-19-29(21-27)35(39)40)11-5-6-12-24(2)14-8-16-26(4)32(38)34-28-18-10-20-30(22-28)36(41)42/h5-22H,1-4H3,(H,33,37)(H,34,38)/b6-5+,13-7+,14-8+,23-11+,24-12+,25-15+,26-16+. The number of carbonyl (C=O) groups excluding carboxylic acids is 2. The SMILES string of the molecule is CC(/C=C/C=C(\C)C(=O)Nc1cccc([N+](=O)[O-])c1)=C\C=C\C=C(C)\C=C\C=C(/C)C(=O)Nc1cccc([N+](=O)[O-])c1. The van der Waals surface area contributed by atoms with Crippen molar-refractivity contribution >= 4 is 34.6 Å². The molecule has 0 aliphatic carbocycles. The van der Waals surface area contributed by atoms with E-state index in [0.29, 0.717) is 22.5 Å². The van der Waals surface area contributed by atoms with Gasteiger partial charge >= 0.3 is 0 Å². The lowest BCUT2D eigenvalue weighted by Gasteiger charge is -2.04. The zero-order valence-corrected chi connectivity index (χ0v) is 23.7. The first kappa shape index (κ1) is 32.6. The summed E-state index contributed by atoms with van der Waals surface area (Å²) in [5, 5.41) is 27.1. The fourth-order valence-electron chi connectivity index (χ4n) is 3.22. The second kappa shape index (κ2) is 16.5. The van der Waals surface area contributed by atoms with Crippen molar-refractivity contribution in [1.29, 1.82) is 0 Å². The van der Waals surface area contributed by atoms with E-state index in [4.69, 9.17) is 0 Å². The maximum absolute atomic E-state index is 12.3. The first-order valence-corrected chi connectivity index (χ1v) is 12.8. The van der Waals surface area contributed by atoms with Crippen molar-refractivity contribution in [3.05, 3.63) is 152 Å². The molecule has 0 aliphatic heterocycles. The van der Waals surface area contributed by atoms with Crippen molar-refractivity contribution in [3.8, 4) is 0 Å². The number of rotatable bonds is 12. The average Bonchev–Trinajstić information content (AvgIpc) is 2.95. The molecule has 2 N–H and O–H groups in total. The molecule has 0 radical (unpaired) electrons. The largest absolute Gasteiger partial charge is 0.322 e. The molecule has 10 nitrogen and oxygen atoms in total. The smallest absolute Gasteiger partial charge is 0.271 e. The quantitative estimate of drug-likeness (QED) is 0.117. The predicted molar refractivity (Wildman–Crippen MR) is 166 cm³/mol. The topological polar surface area (TPSA) is 144 Å². The van der Waals surface area contributed by atoms with Crippen LogP contribution in [-0.2, 0) is 9.59 Å². The molecule has 0 heterocycles. The second-order valence-corrected chi connectivity index (χ2v) is 9.15. The zero-order chi connectivity index (χ0) is 31.1. The van der Waals surface area contributed by atoms with E-state index in [-0.39, 0.29) is 23.2 Å². The molecule has 0 fully saturated rings. The van der Waals surface area contributed by atoms with Gasteiger partial charge in [-0.2, -0.15) is 0 Å². The minimum Gasteiger partial charge on any atom is -0.322 e. The Hall–Kier alpha value is -5.64. The molecule has 0 saturated carbocycles. The summed E-state index contributed by atoms with van der Waals surface area (Å²) in [4.78, 5) is 45.4. The third-order valence-electron chi connectivity index (χ3n) is 5.59. The maximum Gasteiger partial charge on any atom is 0.271 e. The Morgan fingerprint density at radius 2 is 1.00 bits per heavy atom. The summed E-state index contributed by atoms with van der Waals surface area (Å²) < 4.78 is 0. The van der Waals surface area contributed by atoms with Gasteiger partial charge in [0.2, 0.25) is 0 Å². The van der Waals surface area contributed by atoms with E-state index in [2.05, 4.69) is 10.6 Å². The van der Waals surface area contributed by atoms with Crippen molar-refractivity contribution < 1.29 is 19.4 Å². The highest BCUT2D eigenvalue weighted by atomic mass is 16.6. The van der Waals surface area contributed by atoms with Gasteiger partial charge in [0.05, 0.1) is 9.85 Å². The number of nitro groups is 2. The summed E-state index contributed by atoms with van der Waals surface area (Å²) in [7, 11) is 0. The van der Waals surface area contributed by atoms with Crippen molar-refractivity contribution in [3.63, 3.8) is 0 Å². The highest BCUT2D eigenvalue weighted by molar-refractivity contribution is 6.04. The summed E-state index contributed by atoms with van der Waals surface area (Å²) >= 11 is 0. The van der Waals surface area contributed by atoms with Crippen LogP contribution in [0.2, 0.25) is 0 Å². The minimum atomic E-state index is -0.520. The average molecular weight is 569 g/mol. The van der Waals surface area contributed by atoms with E-state index >= 15 is 0 Å². The van der Waals surface area contributed by atoms with Crippen molar-refractivity contribution in [2.45, 2.75) is 27.7 Å². The van der Waals surface area contributed by atoms with Crippen LogP contribution in [0, 0.1) is 20.2 Å². The number of amides is 2. The highest BCUT2D eigenvalue weighted by Gasteiger charge is 2.10. The third kappa shape index (κ3) is 11.6. The number of non-ortho nitro benzene ring substituents is 2. The van der Waals surface area contributed by atoms with Gasteiger partial charge in [0, 0.05) is 46.8 Å². The molecule has 0 aliphatic rings. The first-order valence-electron chi connectivity index (χ1n) is 12.8. The number of hydrogen-bond acceptors (Lipinski definition) is 6. The summed E-state index contributed by atoms with van der Waals surface area (Å²) in [6.45, 7) is 7.13. The van der Waals surface area contributed by atoms with E-state index in [1.165, 1.54) is 36.4 Å². The van der Waals surface area contributed by atoms with Gasteiger partial charge in [-0.1, -0.05) is 84.0 Å². The number of carbonyl (C=O) groups is 2. The summed E-state index contributed by atoms with van der Waals surface area (Å²) in [6.07, 6.45) is 18.0. The molecule has 216 valence electrons. The molecule has 0 spiro atoms. The number of allylic oxidation sites excluding steroid dienone is 12. The molecule has 2 aromatic rings. The molecule has 0 saturated heterocycles. The van der Waals surface area contributed by atoms with Gasteiger partial charge < -0.3 is 10.6 Å². The van der Waals surface area contributed by atoms with Crippen LogP contribution in [-0.4, -0.2) is 21.7 Å². The number of nitrogens with zero attached hydrogens (tertiary/aromatic N) is 2. The van der Waals surface area contributed by atoms with E-state index in [0.717, 1.165) is 11.1 Å². The monoisotopic (exact) mass is 568 g/mol. The number of hydrogen-bond donors (Lipinski definition) is 2. The van der Waals surface area contributed by atoms with Gasteiger partial charge in [0.15, 0.2) is 0 Å². The van der Waals surface area contributed by atoms with Crippen LogP contribution in [0.25, 0.3) is 0 Å². The number of benzene rings is 2. The Bertz CT molecular complexity index is 1440. The van der Waals surface area contributed by atoms with E-state index in [1.807, 2.05) is 50.3 Å². The maximum atomic E-state index is 12.3. The van der Waals surface area contributed by atoms with E-state index < -0.39 is 9.85 Å². The molecule has 0 aromatic heterocycles. The summed E-state index contributed by atoms with van der Waals surface area (Å²) in [5.41, 5.74) is 3.28. The van der Waals surface area contributed by atoms with Gasteiger partial charge in [0.25, 0.3) is 23.2 Å². The molecular weight excluding hydrogens is 536 g/mol. The summed E-state index contributed by atoms with van der Waals surface area (Å²) in [6, 6.07) is 11.5. The molecular formula is C32H32N4O6. The Labute approximate surface area is 244 Å². The Balaban J connectivity index is 1.87. The van der Waals surface area contributed by atoms with Crippen LogP contribution in [0.3, 0.4) is 0 Å². The van der Waals surface area contributed by atoms with Crippen LogP contribution in [0.1, 0.15) is 27.7 Å². The lowest BCUT2D eigenvalue weighted by Crippen LogP contribution is -2.12. The highest BCUT2D eigenvalue weighted by Crippen LogP contribution is 2.18. The molecule has 0 bridgehead atoms. The van der Waals surface area contributed by atoms with E-state index in [9.17, 15) is 29.8 Å². The molecule has 42 heavy (non-hydrogen) atoms. The molecule has 0 atom stereocenters. The molecule has 0 unspecified atom stereocenters. The van der Waals surface area contributed by atoms with Gasteiger partial charge in [-0.15, -0.1) is 0 Å². The van der Waals surface area contributed by atoms with Gasteiger partial charge in [0.1, 0.15) is 0 Å². The van der Waals surface area contributed by atoms with Gasteiger partial charge in [-0.3, -0.25) is 29.8 Å². The minimum absolute atomic E-state index is 0.0993. The van der Waals surface area contributed by atoms with Crippen LogP contribution in [0.4, 0.5) is 22.7 Å². The molecule has 2 rings (SSSR count). The third-order valence-corrected chi connectivity index (χ3v) is 5.59. The van der Waals surface area contributed by atoms with Crippen LogP contribution < -0.4 is 10.6 Å². The second-order valence-electron chi connectivity index (χ2n) is 9.15. The number of nitrogens with one attached hydrogen (secondary N) is 2. The first-order chi connectivity index (χ1) is 20.0. The van der Waals surface area contributed by atoms with E-state index in [1.54, 1.807) is 50.3 Å². The van der Waals surface area contributed by atoms with Crippen LogP contribution >= 0.6 is 0 Å². The van der Waals surface area contributed by atoms with Crippen LogP contribution in [0.15, 0.2) is 132 Å². The fourth-order valence-corrected chi connectivity index (χ4v) is 3.22. The normalized spacial score (nSPS) is 13.1. The molecule has 2 aromatic carbocycles. The van der Waals surface area contributed by atoms with Gasteiger partial charge in [-0.05, 0) is 39.8 Å². The Morgan fingerprint density at radius 3 is 1.36 bits per heavy atom. The van der Waals surface area contributed by atoms with Crippen molar-refractivity contribution in [2.75, 3.05) is 10.6 Å². The lowest BCUT2D eigenvalue weighted by molar-refractivity contribution is -0.385.